The van der Waals surface area contributed by atoms with Gasteiger partial charge in [-0.25, -0.2) is 9.97 Å². The molecule has 10 heteroatoms. The summed E-state index contributed by atoms with van der Waals surface area (Å²) in [6, 6.07) is 14.6. The molecule has 4 aromatic rings. The maximum absolute atomic E-state index is 14.1. The van der Waals surface area contributed by atoms with E-state index in [4.69, 9.17) is 0 Å². The lowest BCUT2D eigenvalue weighted by Crippen LogP contribution is -2.33. The van der Waals surface area contributed by atoms with E-state index in [2.05, 4.69) is 37.4 Å². The number of piperidine rings is 1. The highest BCUT2D eigenvalue weighted by molar-refractivity contribution is 6.05. The Morgan fingerprint density at radius 3 is 2.55 bits per heavy atom. The number of halogens is 3. The van der Waals surface area contributed by atoms with Crippen LogP contribution in [0, 0.1) is 6.92 Å². The minimum Gasteiger partial charge on any atom is -0.324 e. The largest absolute Gasteiger partial charge is 0.418 e. The summed E-state index contributed by atoms with van der Waals surface area (Å²) in [6.07, 6.45) is 3.06. The molecule has 0 radical (unpaired) electrons. The number of hydrogen-bond acceptors (Lipinski definition) is 6. The zero-order valence-electron chi connectivity index (χ0n) is 23.6. The van der Waals surface area contributed by atoms with Crippen molar-refractivity contribution in [2.24, 2.45) is 0 Å². The molecule has 2 aromatic heterocycles. The number of alkyl halides is 3. The lowest BCUT2D eigenvalue weighted by Gasteiger charge is -2.32. The molecule has 0 aliphatic carbocycles. The van der Waals surface area contributed by atoms with E-state index in [1.807, 2.05) is 19.1 Å². The first-order chi connectivity index (χ1) is 20.2. The number of amides is 1. The van der Waals surface area contributed by atoms with Crippen LogP contribution >= 0.6 is 0 Å². The van der Waals surface area contributed by atoms with Gasteiger partial charge in [0.25, 0.3) is 5.91 Å². The van der Waals surface area contributed by atoms with E-state index in [0.29, 0.717) is 22.9 Å². The third kappa shape index (κ3) is 6.94. The number of hydrogen-bond donors (Lipinski definition) is 2. The molecule has 42 heavy (non-hydrogen) atoms. The van der Waals surface area contributed by atoms with Crippen molar-refractivity contribution in [3.63, 3.8) is 0 Å². The fraction of sp³-hybridized carbons (Fsp3) is 0.312. The maximum Gasteiger partial charge on any atom is 0.418 e. The number of nitrogens with zero attached hydrogens (tertiary/aromatic N) is 4. The summed E-state index contributed by atoms with van der Waals surface area (Å²) in [5.74, 6) is -0.268. The molecule has 2 aromatic carbocycles. The normalized spacial score (nSPS) is 14.5. The number of aromatic nitrogens is 3. The number of anilines is 3. The van der Waals surface area contributed by atoms with Crippen LogP contribution in [-0.4, -0.2) is 45.4 Å². The highest BCUT2D eigenvalue weighted by Gasteiger charge is 2.35. The zero-order valence-corrected chi connectivity index (χ0v) is 23.6. The minimum atomic E-state index is -4.61. The average molecular weight is 575 g/mol. The van der Waals surface area contributed by atoms with Gasteiger partial charge in [-0.3, -0.25) is 9.78 Å². The summed E-state index contributed by atoms with van der Waals surface area (Å²) < 4.78 is 42.4. The van der Waals surface area contributed by atoms with Crippen molar-refractivity contribution < 1.29 is 18.0 Å². The Morgan fingerprint density at radius 2 is 1.83 bits per heavy atom. The molecule has 1 aliphatic rings. The molecule has 3 heterocycles. The van der Waals surface area contributed by atoms with Crippen molar-refractivity contribution in [2.45, 2.75) is 45.2 Å². The number of likely N-dealkylation sites (tertiary alicyclic amines) is 1. The SMILES string of the molecule is CCCN1CCC(c2ccc(NC(=O)c3ccc(C)c(Nc4nccc(-c5cccnc5)n4)c3)c(C(F)(F)F)c2)CC1. The number of aryl methyl sites for hydroxylation is 1. The van der Waals surface area contributed by atoms with E-state index in [-0.39, 0.29) is 17.2 Å². The van der Waals surface area contributed by atoms with Crippen LogP contribution in [0.3, 0.4) is 0 Å². The molecule has 1 saturated heterocycles. The Hall–Kier alpha value is -4.31. The van der Waals surface area contributed by atoms with Crippen LogP contribution in [0.15, 0.2) is 73.2 Å². The fourth-order valence-electron chi connectivity index (χ4n) is 5.27. The maximum atomic E-state index is 14.1. The smallest absolute Gasteiger partial charge is 0.324 e. The summed E-state index contributed by atoms with van der Waals surface area (Å²) in [7, 11) is 0. The molecular formula is C32H33F3N6O. The van der Waals surface area contributed by atoms with E-state index < -0.39 is 17.6 Å². The highest BCUT2D eigenvalue weighted by Crippen LogP contribution is 2.39. The zero-order chi connectivity index (χ0) is 29.7. The van der Waals surface area contributed by atoms with Gasteiger partial charge in [0.2, 0.25) is 5.95 Å². The summed E-state index contributed by atoms with van der Waals surface area (Å²) in [5.41, 5.74) is 2.62. The summed E-state index contributed by atoms with van der Waals surface area (Å²) in [6.45, 7) is 6.73. The summed E-state index contributed by atoms with van der Waals surface area (Å²) in [4.78, 5) is 28.5. The van der Waals surface area contributed by atoms with Crippen LogP contribution in [0.4, 0.5) is 30.5 Å². The molecule has 0 spiro atoms. The predicted octanol–water partition coefficient (Wildman–Crippen LogP) is 7.45. The quantitative estimate of drug-likeness (QED) is 0.227. The van der Waals surface area contributed by atoms with Crippen LogP contribution in [0.5, 0.6) is 0 Å². The number of rotatable bonds is 8. The molecule has 0 atom stereocenters. The van der Waals surface area contributed by atoms with Gasteiger partial charge in [-0.2, -0.15) is 13.2 Å². The van der Waals surface area contributed by atoms with E-state index >= 15 is 0 Å². The van der Waals surface area contributed by atoms with E-state index in [1.54, 1.807) is 48.9 Å². The van der Waals surface area contributed by atoms with Crippen molar-refractivity contribution in [2.75, 3.05) is 30.3 Å². The van der Waals surface area contributed by atoms with Crippen molar-refractivity contribution in [3.05, 3.63) is 95.4 Å². The topological polar surface area (TPSA) is 83.0 Å². The number of pyridine rings is 1. The first-order valence-corrected chi connectivity index (χ1v) is 14.1. The van der Waals surface area contributed by atoms with Gasteiger partial charge in [0, 0.05) is 35.4 Å². The molecule has 0 unspecified atom stereocenters. The van der Waals surface area contributed by atoms with Gasteiger partial charge in [0.05, 0.1) is 16.9 Å². The lowest BCUT2D eigenvalue weighted by atomic mass is 9.88. The van der Waals surface area contributed by atoms with E-state index in [9.17, 15) is 18.0 Å². The van der Waals surface area contributed by atoms with Crippen LogP contribution in [0.2, 0.25) is 0 Å². The van der Waals surface area contributed by atoms with Crippen molar-refractivity contribution in [1.82, 2.24) is 19.9 Å². The van der Waals surface area contributed by atoms with Crippen molar-refractivity contribution in [3.8, 4) is 11.3 Å². The van der Waals surface area contributed by atoms with Gasteiger partial charge in [0.15, 0.2) is 0 Å². The molecule has 5 rings (SSSR count). The van der Waals surface area contributed by atoms with E-state index in [0.717, 1.165) is 50.0 Å². The van der Waals surface area contributed by atoms with Crippen LogP contribution in [0.25, 0.3) is 11.3 Å². The molecule has 0 bridgehead atoms. The highest BCUT2D eigenvalue weighted by atomic mass is 19.4. The van der Waals surface area contributed by atoms with Gasteiger partial charge in [-0.1, -0.05) is 19.1 Å². The molecule has 2 N–H and O–H groups in total. The number of carbonyl (C=O) groups is 1. The minimum absolute atomic E-state index is 0.0635. The first kappa shape index (κ1) is 29.2. The molecule has 7 nitrogen and oxygen atoms in total. The monoisotopic (exact) mass is 574 g/mol. The van der Waals surface area contributed by atoms with Gasteiger partial charge >= 0.3 is 6.18 Å². The Kier molecular flexibility index (Phi) is 8.82. The fourth-order valence-corrected chi connectivity index (χ4v) is 5.27. The molecule has 1 amide bonds. The second-order valence-electron chi connectivity index (χ2n) is 10.5. The molecule has 1 aliphatic heterocycles. The first-order valence-electron chi connectivity index (χ1n) is 14.1. The van der Waals surface area contributed by atoms with Gasteiger partial charge in [-0.05, 0) is 105 Å². The third-order valence-corrected chi connectivity index (χ3v) is 7.56. The van der Waals surface area contributed by atoms with Crippen LogP contribution in [0.1, 0.15) is 59.2 Å². The third-order valence-electron chi connectivity index (χ3n) is 7.56. The van der Waals surface area contributed by atoms with E-state index in [1.165, 1.54) is 12.1 Å². The number of nitrogens with one attached hydrogen (secondary N) is 2. The Bertz CT molecular complexity index is 1540. The Morgan fingerprint density at radius 1 is 1.02 bits per heavy atom. The number of benzene rings is 2. The van der Waals surface area contributed by atoms with Crippen LogP contribution in [-0.2, 0) is 6.18 Å². The van der Waals surface area contributed by atoms with Crippen LogP contribution < -0.4 is 10.6 Å². The molecular weight excluding hydrogens is 541 g/mol. The predicted molar refractivity (Wildman–Crippen MR) is 158 cm³/mol. The molecule has 1 fully saturated rings. The molecule has 218 valence electrons. The number of carbonyl (C=O) groups excluding carboxylic acids is 1. The van der Waals surface area contributed by atoms with Crippen molar-refractivity contribution >= 4 is 23.2 Å². The standard InChI is InChI=1S/C32H33F3N6O/c1-3-15-41-16-11-22(12-17-41)23-8-9-28(26(18-23)32(33,34)35)38-30(42)24-7-6-21(2)29(19-24)40-31-37-14-10-27(39-31)25-5-4-13-36-20-25/h4-10,13-14,18-20,22H,3,11-12,15-17H2,1-2H3,(H,38,42)(H,37,39,40). The molecule has 0 saturated carbocycles. The van der Waals surface area contributed by atoms with Crippen molar-refractivity contribution in [1.29, 1.82) is 0 Å². The summed E-state index contributed by atoms with van der Waals surface area (Å²) in [5, 5.41) is 5.62. The second-order valence-corrected chi connectivity index (χ2v) is 10.5. The average Bonchev–Trinajstić information content (AvgIpc) is 2.99. The van der Waals surface area contributed by atoms with Gasteiger partial charge in [0.1, 0.15) is 0 Å². The van der Waals surface area contributed by atoms with Gasteiger partial charge < -0.3 is 15.5 Å². The Labute approximate surface area is 243 Å². The Balaban J connectivity index is 1.34. The second kappa shape index (κ2) is 12.7. The van der Waals surface area contributed by atoms with Gasteiger partial charge in [-0.15, -0.1) is 0 Å². The summed E-state index contributed by atoms with van der Waals surface area (Å²) >= 11 is 0. The lowest BCUT2D eigenvalue weighted by molar-refractivity contribution is -0.137.